The maximum absolute atomic E-state index is 8.98. The molecule has 2 heteroatoms. The van der Waals surface area contributed by atoms with Gasteiger partial charge in [0.15, 0.2) is 0 Å². The Morgan fingerprint density at radius 2 is 2.25 bits per heavy atom. The molecule has 0 aromatic carbocycles. The summed E-state index contributed by atoms with van der Waals surface area (Å²) in [4.78, 5) is 0. The van der Waals surface area contributed by atoms with E-state index >= 15 is 0 Å². The third kappa shape index (κ3) is 1.27. The summed E-state index contributed by atoms with van der Waals surface area (Å²) in [5.41, 5.74) is 0.258. The Kier molecular flexibility index (Phi) is 2.13. The highest BCUT2D eigenvalue weighted by Gasteiger charge is 2.45. The summed E-state index contributed by atoms with van der Waals surface area (Å²) in [5, 5.41) is 8.98. The predicted octanol–water partition coefficient (Wildman–Crippen LogP) is 1.72. The number of aliphatic hydroxyl groups is 1. The molecule has 1 saturated heterocycles. The minimum absolute atomic E-state index is 0.258. The highest BCUT2D eigenvalue weighted by atomic mass is 16.5. The number of hydrogen-bond acceptors (Lipinski definition) is 2. The van der Waals surface area contributed by atoms with Crippen LogP contribution in [0.4, 0.5) is 0 Å². The number of ether oxygens (including phenoxy) is 1. The van der Waals surface area contributed by atoms with Crippen LogP contribution in [0.2, 0.25) is 0 Å². The molecule has 1 saturated carbocycles. The van der Waals surface area contributed by atoms with Crippen molar-refractivity contribution < 1.29 is 9.84 Å². The van der Waals surface area contributed by atoms with Crippen molar-refractivity contribution >= 4 is 0 Å². The molecule has 1 N–H and O–H groups in total. The van der Waals surface area contributed by atoms with Crippen molar-refractivity contribution in [2.75, 3.05) is 6.61 Å². The van der Waals surface area contributed by atoms with Gasteiger partial charge >= 0.3 is 0 Å². The molecule has 70 valence electrons. The highest BCUT2D eigenvalue weighted by molar-refractivity contribution is 4.96. The number of aliphatic hydroxyl groups excluding tert-OH is 1. The van der Waals surface area contributed by atoms with E-state index in [2.05, 4.69) is 6.92 Å². The van der Waals surface area contributed by atoms with Crippen LogP contribution in [0.3, 0.4) is 0 Å². The standard InChI is InChI=1S/C10H18O2/c1-8(7-11)9-3-6-10(12-9)4-2-5-10/h8-9,11H,2-7H2,1H3/t8-,9?/m1/s1. The van der Waals surface area contributed by atoms with E-state index in [0.717, 1.165) is 6.42 Å². The molecule has 0 amide bonds. The van der Waals surface area contributed by atoms with Crippen molar-refractivity contribution in [3.8, 4) is 0 Å². The summed E-state index contributed by atoms with van der Waals surface area (Å²) in [5.74, 6) is 0.324. The second-order valence-corrected chi connectivity index (χ2v) is 4.39. The van der Waals surface area contributed by atoms with Gasteiger partial charge in [-0.05, 0) is 32.1 Å². The predicted molar refractivity (Wildman–Crippen MR) is 46.9 cm³/mol. The molecule has 0 bridgehead atoms. The lowest BCUT2D eigenvalue weighted by atomic mass is 9.78. The van der Waals surface area contributed by atoms with Crippen LogP contribution in [0.25, 0.3) is 0 Å². The van der Waals surface area contributed by atoms with E-state index in [9.17, 15) is 0 Å². The first-order valence-electron chi connectivity index (χ1n) is 5.04. The van der Waals surface area contributed by atoms with Gasteiger partial charge in [0.1, 0.15) is 0 Å². The second-order valence-electron chi connectivity index (χ2n) is 4.39. The Morgan fingerprint density at radius 1 is 1.50 bits per heavy atom. The van der Waals surface area contributed by atoms with Crippen molar-refractivity contribution in [3.05, 3.63) is 0 Å². The fourth-order valence-electron chi connectivity index (χ4n) is 2.30. The quantitative estimate of drug-likeness (QED) is 0.683. The minimum Gasteiger partial charge on any atom is -0.396 e. The van der Waals surface area contributed by atoms with E-state index in [1.54, 1.807) is 0 Å². The molecule has 1 unspecified atom stereocenters. The molecule has 0 aromatic heterocycles. The average Bonchev–Trinajstić information content (AvgIpc) is 2.46. The molecular formula is C10H18O2. The van der Waals surface area contributed by atoms with Gasteiger partial charge in [0.05, 0.1) is 11.7 Å². The van der Waals surface area contributed by atoms with E-state index in [0.29, 0.717) is 12.0 Å². The topological polar surface area (TPSA) is 29.5 Å². The fraction of sp³-hybridized carbons (Fsp3) is 1.00. The molecule has 12 heavy (non-hydrogen) atoms. The summed E-state index contributed by atoms with van der Waals surface area (Å²) in [7, 11) is 0. The summed E-state index contributed by atoms with van der Waals surface area (Å²) >= 11 is 0. The molecule has 1 aliphatic carbocycles. The number of hydrogen-bond donors (Lipinski definition) is 1. The lowest BCUT2D eigenvalue weighted by Crippen LogP contribution is -2.38. The fourth-order valence-corrected chi connectivity index (χ4v) is 2.30. The molecule has 2 fully saturated rings. The van der Waals surface area contributed by atoms with E-state index < -0.39 is 0 Å². The van der Waals surface area contributed by atoms with E-state index in [-0.39, 0.29) is 12.2 Å². The Balaban J connectivity index is 1.89. The largest absolute Gasteiger partial charge is 0.396 e. The van der Waals surface area contributed by atoms with Crippen LogP contribution < -0.4 is 0 Å². The zero-order valence-electron chi connectivity index (χ0n) is 7.75. The van der Waals surface area contributed by atoms with Crippen molar-refractivity contribution in [2.24, 2.45) is 5.92 Å². The highest BCUT2D eigenvalue weighted by Crippen LogP contribution is 2.46. The van der Waals surface area contributed by atoms with Crippen LogP contribution in [-0.4, -0.2) is 23.4 Å². The molecule has 1 heterocycles. The Labute approximate surface area is 73.9 Å². The first-order valence-corrected chi connectivity index (χ1v) is 5.04. The van der Waals surface area contributed by atoms with Gasteiger partial charge in [-0.15, -0.1) is 0 Å². The molecule has 0 aromatic rings. The van der Waals surface area contributed by atoms with Gasteiger partial charge < -0.3 is 9.84 Å². The van der Waals surface area contributed by atoms with Crippen molar-refractivity contribution in [1.82, 2.24) is 0 Å². The Hall–Kier alpha value is -0.0800. The van der Waals surface area contributed by atoms with Crippen molar-refractivity contribution in [1.29, 1.82) is 0 Å². The maximum atomic E-state index is 8.98. The SMILES string of the molecule is C[C@H](CO)C1CCC2(CCC2)O1. The number of rotatable bonds is 2. The van der Waals surface area contributed by atoms with Gasteiger partial charge in [0, 0.05) is 12.5 Å². The lowest BCUT2D eigenvalue weighted by molar-refractivity contribution is -0.109. The Morgan fingerprint density at radius 3 is 2.67 bits per heavy atom. The summed E-state index contributed by atoms with van der Waals surface area (Å²) < 4.78 is 5.98. The van der Waals surface area contributed by atoms with E-state index in [1.165, 1.54) is 25.7 Å². The average molecular weight is 170 g/mol. The van der Waals surface area contributed by atoms with Gasteiger partial charge in [-0.3, -0.25) is 0 Å². The summed E-state index contributed by atoms with van der Waals surface area (Å²) in [6.07, 6.45) is 6.54. The van der Waals surface area contributed by atoms with Crippen LogP contribution >= 0.6 is 0 Å². The normalized spacial score (nSPS) is 35.0. The van der Waals surface area contributed by atoms with Gasteiger partial charge in [-0.1, -0.05) is 6.92 Å². The summed E-state index contributed by atoms with van der Waals surface area (Å²) in [6.45, 7) is 2.34. The lowest BCUT2D eigenvalue weighted by Gasteiger charge is -2.38. The molecular weight excluding hydrogens is 152 g/mol. The monoisotopic (exact) mass is 170 g/mol. The van der Waals surface area contributed by atoms with E-state index in [1.807, 2.05) is 0 Å². The first kappa shape index (κ1) is 8.52. The molecule has 0 radical (unpaired) electrons. The second kappa shape index (κ2) is 3.00. The van der Waals surface area contributed by atoms with Crippen LogP contribution in [0.15, 0.2) is 0 Å². The zero-order valence-corrected chi connectivity index (χ0v) is 7.75. The van der Waals surface area contributed by atoms with Crippen LogP contribution in [0, 0.1) is 5.92 Å². The van der Waals surface area contributed by atoms with Crippen LogP contribution in [0.5, 0.6) is 0 Å². The van der Waals surface area contributed by atoms with Gasteiger partial charge in [-0.2, -0.15) is 0 Å². The first-order chi connectivity index (χ1) is 5.76. The zero-order chi connectivity index (χ0) is 8.60. The molecule has 2 nitrogen and oxygen atoms in total. The maximum Gasteiger partial charge on any atom is 0.0687 e. The molecule has 1 aliphatic heterocycles. The van der Waals surface area contributed by atoms with Crippen molar-refractivity contribution in [2.45, 2.75) is 50.7 Å². The van der Waals surface area contributed by atoms with Gasteiger partial charge in [0.2, 0.25) is 0 Å². The summed E-state index contributed by atoms with van der Waals surface area (Å²) in [6, 6.07) is 0. The Bertz CT molecular complexity index is 163. The molecule has 1 spiro atoms. The third-order valence-corrected chi connectivity index (χ3v) is 3.47. The smallest absolute Gasteiger partial charge is 0.0687 e. The minimum atomic E-state index is 0.258. The van der Waals surface area contributed by atoms with E-state index in [4.69, 9.17) is 9.84 Å². The van der Waals surface area contributed by atoms with Crippen LogP contribution in [-0.2, 0) is 4.74 Å². The molecule has 2 aliphatic rings. The van der Waals surface area contributed by atoms with Crippen molar-refractivity contribution in [3.63, 3.8) is 0 Å². The van der Waals surface area contributed by atoms with Gasteiger partial charge in [-0.25, -0.2) is 0 Å². The molecule has 2 rings (SSSR count). The molecule has 2 atom stereocenters. The third-order valence-electron chi connectivity index (χ3n) is 3.47. The van der Waals surface area contributed by atoms with Gasteiger partial charge in [0.25, 0.3) is 0 Å². The van der Waals surface area contributed by atoms with Crippen LogP contribution in [0.1, 0.15) is 39.0 Å².